The monoisotopic (exact) mass is 307 g/mol. The summed E-state index contributed by atoms with van der Waals surface area (Å²) in [5.41, 5.74) is 0.526. The van der Waals surface area contributed by atoms with E-state index in [1.807, 2.05) is 0 Å². The van der Waals surface area contributed by atoms with Gasteiger partial charge in [0.1, 0.15) is 17.3 Å². The van der Waals surface area contributed by atoms with Gasteiger partial charge >= 0.3 is 0 Å². The van der Waals surface area contributed by atoms with Gasteiger partial charge in [-0.1, -0.05) is 37.6 Å². The fourth-order valence-electron chi connectivity index (χ4n) is 1.95. The van der Waals surface area contributed by atoms with E-state index in [4.69, 9.17) is 16.3 Å². The molecule has 0 saturated carbocycles. The molecule has 0 aliphatic carbocycles. The lowest BCUT2D eigenvalue weighted by atomic mass is 10.1. The first-order chi connectivity index (χ1) is 10.1. The highest BCUT2D eigenvalue weighted by Gasteiger charge is 2.10. The van der Waals surface area contributed by atoms with Crippen molar-refractivity contribution in [2.24, 2.45) is 5.92 Å². The lowest BCUT2D eigenvalue weighted by Crippen LogP contribution is -2.20. The van der Waals surface area contributed by atoms with E-state index >= 15 is 0 Å². The number of rotatable bonds is 6. The van der Waals surface area contributed by atoms with Gasteiger partial charge in [0.2, 0.25) is 0 Å². The molecule has 21 heavy (non-hydrogen) atoms. The van der Waals surface area contributed by atoms with Gasteiger partial charge in [0.25, 0.3) is 0 Å². The lowest BCUT2D eigenvalue weighted by molar-refractivity contribution is 0.457. The summed E-state index contributed by atoms with van der Waals surface area (Å²) in [5.74, 6) is 1.34. The predicted octanol–water partition coefficient (Wildman–Crippen LogP) is 5.02. The number of nitrogens with one attached hydrogen (secondary N) is 1. The number of ether oxygens (including phenoxy) is 1. The molecule has 0 bridgehead atoms. The van der Waals surface area contributed by atoms with Crippen molar-refractivity contribution >= 4 is 11.6 Å². The Morgan fingerprint density at radius 3 is 2.67 bits per heavy atom. The average molecular weight is 308 g/mol. The molecule has 2 nitrogen and oxygen atoms in total. The van der Waals surface area contributed by atoms with Crippen LogP contribution in [0.25, 0.3) is 0 Å². The summed E-state index contributed by atoms with van der Waals surface area (Å²) in [6.45, 7) is 5.47. The largest absolute Gasteiger partial charge is 0.457 e. The van der Waals surface area contributed by atoms with Crippen LogP contribution in [0.5, 0.6) is 11.5 Å². The molecule has 0 amide bonds. The quantitative estimate of drug-likeness (QED) is 0.809. The van der Waals surface area contributed by atoms with Crippen LogP contribution in [0.15, 0.2) is 42.5 Å². The molecule has 0 saturated heterocycles. The van der Waals surface area contributed by atoms with Crippen LogP contribution in [-0.4, -0.2) is 6.54 Å². The van der Waals surface area contributed by atoms with Gasteiger partial charge in [0.05, 0.1) is 0 Å². The minimum Gasteiger partial charge on any atom is -0.457 e. The lowest BCUT2D eigenvalue weighted by Gasteiger charge is -2.14. The Bertz CT molecular complexity index is 601. The van der Waals surface area contributed by atoms with Crippen LogP contribution < -0.4 is 10.1 Å². The molecular formula is C17H19ClFNO. The Balaban J connectivity index is 2.16. The van der Waals surface area contributed by atoms with Gasteiger partial charge in [-0.2, -0.15) is 0 Å². The number of hydrogen-bond acceptors (Lipinski definition) is 2. The van der Waals surface area contributed by atoms with Gasteiger partial charge < -0.3 is 10.1 Å². The van der Waals surface area contributed by atoms with E-state index in [0.29, 0.717) is 34.5 Å². The van der Waals surface area contributed by atoms with Crippen molar-refractivity contribution in [2.75, 3.05) is 6.54 Å². The van der Waals surface area contributed by atoms with Gasteiger partial charge in [-0.3, -0.25) is 0 Å². The summed E-state index contributed by atoms with van der Waals surface area (Å²) in [7, 11) is 0. The fraction of sp³-hybridized carbons (Fsp3) is 0.294. The van der Waals surface area contributed by atoms with E-state index in [1.165, 1.54) is 6.07 Å². The van der Waals surface area contributed by atoms with Crippen molar-refractivity contribution in [2.45, 2.75) is 20.4 Å². The molecule has 2 aromatic carbocycles. The van der Waals surface area contributed by atoms with Crippen molar-refractivity contribution < 1.29 is 9.13 Å². The van der Waals surface area contributed by atoms with Gasteiger partial charge in [-0.25, -0.2) is 4.39 Å². The van der Waals surface area contributed by atoms with E-state index in [9.17, 15) is 4.39 Å². The second kappa shape index (κ2) is 7.43. The van der Waals surface area contributed by atoms with E-state index in [2.05, 4.69) is 19.2 Å². The summed E-state index contributed by atoms with van der Waals surface area (Å²) < 4.78 is 19.8. The standard InChI is InChI=1S/C17H19ClFNO/c1-12(2)10-20-11-15-16(19)7-4-8-17(15)21-14-6-3-5-13(18)9-14/h3-9,12,20H,10-11H2,1-2H3. The van der Waals surface area contributed by atoms with Gasteiger partial charge in [-0.05, 0) is 42.8 Å². The highest BCUT2D eigenvalue weighted by Crippen LogP contribution is 2.28. The maximum atomic E-state index is 14.0. The van der Waals surface area contributed by atoms with Crippen molar-refractivity contribution in [3.05, 3.63) is 58.9 Å². The van der Waals surface area contributed by atoms with Crippen molar-refractivity contribution in [1.82, 2.24) is 5.32 Å². The Morgan fingerprint density at radius 1 is 1.19 bits per heavy atom. The zero-order valence-corrected chi connectivity index (χ0v) is 13.0. The molecule has 2 aromatic rings. The van der Waals surface area contributed by atoms with Gasteiger partial charge in [0.15, 0.2) is 0 Å². The molecule has 0 aliphatic heterocycles. The zero-order chi connectivity index (χ0) is 15.2. The molecule has 112 valence electrons. The van der Waals surface area contributed by atoms with Crippen LogP contribution in [0, 0.1) is 11.7 Å². The maximum absolute atomic E-state index is 14.0. The van der Waals surface area contributed by atoms with Crippen LogP contribution >= 0.6 is 11.6 Å². The first kappa shape index (κ1) is 15.8. The summed E-state index contributed by atoms with van der Waals surface area (Å²) >= 11 is 5.93. The molecule has 0 unspecified atom stereocenters. The molecule has 4 heteroatoms. The zero-order valence-electron chi connectivity index (χ0n) is 12.2. The van der Waals surface area contributed by atoms with E-state index < -0.39 is 0 Å². The van der Waals surface area contributed by atoms with Crippen LogP contribution in [0.2, 0.25) is 5.02 Å². The summed E-state index contributed by atoms with van der Waals surface area (Å²) in [6, 6.07) is 11.9. The number of benzene rings is 2. The smallest absolute Gasteiger partial charge is 0.134 e. The van der Waals surface area contributed by atoms with Gasteiger partial charge in [-0.15, -0.1) is 0 Å². The van der Waals surface area contributed by atoms with E-state index in [1.54, 1.807) is 36.4 Å². The van der Waals surface area contributed by atoms with E-state index in [-0.39, 0.29) is 5.82 Å². The second-order valence-electron chi connectivity index (χ2n) is 5.30. The van der Waals surface area contributed by atoms with E-state index in [0.717, 1.165) is 6.54 Å². The highest BCUT2D eigenvalue weighted by atomic mass is 35.5. The molecule has 0 fully saturated rings. The third-order valence-electron chi connectivity index (χ3n) is 2.95. The molecule has 1 N–H and O–H groups in total. The van der Waals surface area contributed by atoms with Crippen molar-refractivity contribution in [3.63, 3.8) is 0 Å². The average Bonchev–Trinajstić information content (AvgIpc) is 2.41. The second-order valence-corrected chi connectivity index (χ2v) is 5.74. The molecule has 0 spiro atoms. The fourth-order valence-corrected chi connectivity index (χ4v) is 2.13. The number of hydrogen-bond donors (Lipinski definition) is 1. The van der Waals surface area contributed by atoms with Crippen LogP contribution in [-0.2, 0) is 6.54 Å². The summed E-state index contributed by atoms with van der Waals surface area (Å²) in [6.07, 6.45) is 0. The normalized spacial score (nSPS) is 10.9. The maximum Gasteiger partial charge on any atom is 0.134 e. The Morgan fingerprint density at radius 2 is 1.95 bits per heavy atom. The first-order valence-corrected chi connectivity index (χ1v) is 7.35. The SMILES string of the molecule is CC(C)CNCc1c(F)cccc1Oc1cccc(Cl)c1. The van der Waals surface area contributed by atoms with Gasteiger partial charge in [0, 0.05) is 17.1 Å². The Labute approximate surface area is 129 Å². The first-order valence-electron chi connectivity index (χ1n) is 6.98. The predicted molar refractivity (Wildman–Crippen MR) is 84.5 cm³/mol. The van der Waals surface area contributed by atoms with Crippen LogP contribution in [0.3, 0.4) is 0 Å². The molecular weight excluding hydrogens is 289 g/mol. The highest BCUT2D eigenvalue weighted by molar-refractivity contribution is 6.30. The topological polar surface area (TPSA) is 21.3 Å². The number of halogens is 2. The molecule has 0 radical (unpaired) electrons. The molecule has 0 atom stereocenters. The molecule has 2 rings (SSSR count). The summed E-state index contributed by atoms with van der Waals surface area (Å²) in [4.78, 5) is 0. The minimum absolute atomic E-state index is 0.272. The minimum atomic E-state index is -0.272. The van der Waals surface area contributed by atoms with Crippen molar-refractivity contribution in [1.29, 1.82) is 0 Å². The molecule has 0 aliphatic rings. The van der Waals surface area contributed by atoms with Crippen LogP contribution in [0.4, 0.5) is 4.39 Å². The third-order valence-corrected chi connectivity index (χ3v) is 3.19. The Hall–Kier alpha value is -1.58. The Kier molecular flexibility index (Phi) is 5.59. The molecule has 0 heterocycles. The van der Waals surface area contributed by atoms with Crippen molar-refractivity contribution in [3.8, 4) is 11.5 Å². The molecule has 0 aromatic heterocycles. The van der Waals surface area contributed by atoms with Crippen LogP contribution in [0.1, 0.15) is 19.4 Å². The third kappa shape index (κ3) is 4.73. The summed E-state index contributed by atoms with van der Waals surface area (Å²) in [5, 5.41) is 3.82.